The first-order valence-electron chi connectivity index (χ1n) is 12.5. The van der Waals surface area contributed by atoms with Crippen molar-refractivity contribution in [2.75, 3.05) is 11.9 Å². The lowest BCUT2D eigenvalue weighted by atomic mass is 9.95. The summed E-state index contributed by atoms with van der Waals surface area (Å²) < 4.78 is 49.0. The molecule has 0 spiro atoms. The van der Waals surface area contributed by atoms with Gasteiger partial charge < -0.3 is 14.7 Å². The lowest BCUT2D eigenvalue weighted by Gasteiger charge is -2.23. The van der Waals surface area contributed by atoms with E-state index < -0.39 is 23.0 Å². The van der Waals surface area contributed by atoms with Gasteiger partial charge in [-0.05, 0) is 72.9 Å². The predicted octanol–water partition coefficient (Wildman–Crippen LogP) is 5.60. The molecule has 2 N–H and O–H groups in total. The second-order valence-corrected chi connectivity index (χ2v) is 9.57. The minimum absolute atomic E-state index is 0.224. The van der Waals surface area contributed by atoms with Gasteiger partial charge in [-0.25, -0.2) is 4.98 Å². The number of aromatic nitrogens is 4. The third-order valence-corrected chi connectivity index (χ3v) is 6.82. The number of hydrogen-bond donors (Lipinski definition) is 2. The zero-order valence-electron chi connectivity index (χ0n) is 21.2. The first-order chi connectivity index (χ1) is 19.2. The molecule has 0 saturated heterocycles. The Bertz CT molecular complexity index is 1840. The number of aryl methyl sites for hydroxylation is 1. The van der Waals surface area contributed by atoms with E-state index in [9.17, 15) is 22.8 Å². The summed E-state index contributed by atoms with van der Waals surface area (Å²) in [5.41, 5.74) is 1.90. The van der Waals surface area contributed by atoms with E-state index in [4.69, 9.17) is 4.42 Å². The highest BCUT2D eigenvalue weighted by atomic mass is 19.4. The van der Waals surface area contributed by atoms with Crippen molar-refractivity contribution >= 4 is 5.69 Å². The van der Waals surface area contributed by atoms with E-state index in [2.05, 4.69) is 20.4 Å². The molecule has 0 atom stereocenters. The summed E-state index contributed by atoms with van der Waals surface area (Å²) in [6.07, 6.45) is 0.809. The molecule has 40 heavy (non-hydrogen) atoms. The van der Waals surface area contributed by atoms with Crippen LogP contribution in [0.25, 0.3) is 39.4 Å². The molecule has 3 aromatic heterocycles. The molecule has 1 aliphatic rings. The van der Waals surface area contributed by atoms with Crippen LogP contribution < -0.4 is 16.4 Å². The highest BCUT2D eigenvalue weighted by Crippen LogP contribution is 2.37. The average molecular weight is 546 g/mol. The van der Waals surface area contributed by atoms with Gasteiger partial charge in [0.2, 0.25) is 5.56 Å². The van der Waals surface area contributed by atoms with Crippen molar-refractivity contribution in [2.45, 2.75) is 25.9 Å². The molecule has 5 aromatic rings. The van der Waals surface area contributed by atoms with Crippen LogP contribution in [0.3, 0.4) is 0 Å². The Balaban J connectivity index is 1.62. The molecule has 8 nitrogen and oxygen atoms in total. The molecule has 11 heteroatoms. The second-order valence-electron chi connectivity index (χ2n) is 9.57. The van der Waals surface area contributed by atoms with Gasteiger partial charge in [0.15, 0.2) is 12.2 Å². The predicted molar refractivity (Wildman–Crippen MR) is 143 cm³/mol. The summed E-state index contributed by atoms with van der Waals surface area (Å²) in [7, 11) is 0. The fraction of sp³-hybridized carbons (Fsp3) is 0.172. The molecule has 202 valence electrons. The smallest absolute Gasteiger partial charge is 0.418 e. The van der Waals surface area contributed by atoms with Gasteiger partial charge in [-0.1, -0.05) is 6.07 Å². The highest BCUT2D eigenvalue weighted by molar-refractivity contribution is 5.76. The minimum Gasteiger partial charge on any atom is -0.444 e. The summed E-state index contributed by atoms with van der Waals surface area (Å²) in [5, 5.41) is 7.67. The molecule has 4 heterocycles. The molecule has 1 aliphatic heterocycles. The van der Waals surface area contributed by atoms with Gasteiger partial charge in [0, 0.05) is 35.5 Å². The van der Waals surface area contributed by atoms with Crippen molar-refractivity contribution < 1.29 is 17.6 Å². The van der Waals surface area contributed by atoms with Gasteiger partial charge in [-0.3, -0.25) is 9.59 Å². The number of benzene rings is 2. The summed E-state index contributed by atoms with van der Waals surface area (Å²) in [4.78, 5) is 31.7. The van der Waals surface area contributed by atoms with Gasteiger partial charge in [0.25, 0.3) is 5.56 Å². The van der Waals surface area contributed by atoms with Gasteiger partial charge in [0.05, 0.1) is 23.1 Å². The van der Waals surface area contributed by atoms with Crippen molar-refractivity contribution in [3.8, 4) is 39.4 Å². The number of nitrogens with zero attached hydrogens (tertiary/aromatic N) is 3. The zero-order valence-corrected chi connectivity index (χ0v) is 21.2. The van der Waals surface area contributed by atoms with Crippen LogP contribution in [0.4, 0.5) is 18.9 Å². The van der Waals surface area contributed by atoms with Gasteiger partial charge >= 0.3 is 6.18 Å². The first-order valence-corrected chi connectivity index (χ1v) is 12.5. The first kappa shape index (κ1) is 25.4. The molecule has 2 aromatic carbocycles. The quantitative estimate of drug-likeness (QED) is 0.305. The molecular weight excluding hydrogens is 523 g/mol. The molecule has 0 unspecified atom stereocenters. The lowest BCUT2D eigenvalue weighted by molar-refractivity contribution is -0.137. The number of H-pyrrole nitrogens is 1. The number of halogens is 3. The van der Waals surface area contributed by atoms with Crippen LogP contribution in [0.1, 0.15) is 23.1 Å². The van der Waals surface area contributed by atoms with Crippen LogP contribution in [0.15, 0.2) is 81.3 Å². The topological polar surface area (TPSA) is 106 Å². The van der Waals surface area contributed by atoms with Crippen molar-refractivity contribution in [3.05, 3.63) is 105 Å². The van der Waals surface area contributed by atoms with Crippen LogP contribution in [0.2, 0.25) is 0 Å². The summed E-state index contributed by atoms with van der Waals surface area (Å²) in [5.74, 6) is 0.526. The molecule has 0 saturated carbocycles. The van der Waals surface area contributed by atoms with Crippen molar-refractivity contribution in [3.63, 3.8) is 0 Å². The average Bonchev–Trinajstić information content (AvgIpc) is 3.48. The van der Waals surface area contributed by atoms with E-state index in [0.717, 1.165) is 28.3 Å². The highest BCUT2D eigenvalue weighted by Gasteiger charge is 2.35. The molecule has 0 amide bonds. The number of aromatic amines is 1. The number of hydrogen-bond acceptors (Lipinski definition) is 6. The Kier molecular flexibility index (Phi) is 6.13. The number of anilines is 1. The van der Waals surface area contributed by atoms with Crippen molar-refractivity contribution in [1.82, 2.24) is 19.7 Å². The van der Waals surface area contributed by atoms with Crippen LogP contribution in [-0.4, -0.2) is 26.3 Å². The number of alkyl halides is 3. The third kappa shape index (κ3) is 4.59. The standard InChI is InChI=1S/C29H22F3N5O3/c1-16-9-19(24-14-33-15-40-24)11-20(10-16)26-21-3-2-8-34-27(21)28(39)37(36-26)23-12-17(4-6-22(23)29(30,31)32)18-5-7-25(38)35-13-18/h4-7,9-15,34H,2-3,8H2,1H3,(H,35,38). The normalized spacial score (nSPS) is 13.1. The molecule has 0 radical (unpaired) electrons. The number of oxazole rings is 1. The maximum atomic E-state index is 14.3. The largest absolute Gasteiger partial charge is 0.444 e. The van der Waals surface area contributed by atoms with Crippen molar-refractivity contribution in [2.24, 2.45) is 0 Å². The zero-order chi connectivity index (χ0) is 28.0. The van der Waals surface area contributed by atoms with E-state index in [0.29, 0.717) is 46.7 Å². The number of rotatable bonds is 4. The Morgan fingerprint density at radius 2 is 1.77 bits per heavy atom. The summed E-state index contributed by atoms with van der Waals surface area (Å²) >= 11 is 0. The molecule has 0 aliphatic carbocycles. The molecular formula is C29H22F3N5O3. The maximum Gasteiger partial charge on any atom is 0.418 e. The summed E-state index contributed by atoms with van der Waals surface area (Å²) in [6, 6.07) is 11.9. The van der Waals surface area contributed by atoms with Crippen LogP contribution >= 0.6 is 0 Å². The van der Waals surface area contributed by atoms with Gasteiger partial charge in [-0.2, -0.15) is 23.0 Å². The maximum absolute atomic E-state index is 14.3. The van der Waals surface area contributed by atoms with E-state index in [1.54, 1.807) is 6.20 Å². The summed E-state index contributed by atoms with van der Waals surface area (Å²) in [6.45, 7) is 2.39. The fourth-order valence-corrected chi connectivity index (χ4v) is 5.00. The van der Waals surface area contributed by atoms with Gasteiger partial charge in [0.1, 0.15) is 5.69 Å². The van der Waals surface area contributed by atoms with Crippen LogP contribution in [0.5, 0.6) is 0 Å². The SMILES string of the molecule is Cc1cc(-c2cnco2)cc(-c2nn(-c3cc(-c4ccc(=O)[nH]c4)ccc3C(F)(F)F)c(=O)c3c2CCCN3)c1. The molecule has 0 fully saturated rings. The Hall–Kier alpha value is -4.93. The lowest BCUT2D eigenvalue weighted by Crippen LogP contribution is -2.31. The van der Waals surface area contributed by atoms with Crippen molar-refractivity contribution in [1.29, 1.82) is 0 Å². The van der Waals surface area contributed by atoms with E-state index >= 15 is 0 Å². The second kappa shape index (κ2) is 9.67. The monoisotopic (exact) mass is 545 g/mol. The molecule has 6 rings (SSSR count). The van der Waals surface area contributed by atoms with Gasteiger partial charge in [-0.15, -0.1) is 0 Å². The molecule has 0 bridgehead atoms. The van der Waals surface area contributed by atoms with Crippen LogP contribution in [0, 0.1) is 6.92 Å². The number of fused-ring (bicyclic) bond motifs is 1. The number of pyridine rings is 1. The Morgan fingerprint density at radius 1 is 0.975 bits per heavy atom. The fourth-order valence-electron chi connectivity index (χ4n) is 5.00. The Morgan fingerprint density at radius 3 is 2.50 bits per heavy atom. The number of nitrogens with one attached hydrogen (secondary N) is 2. The Labute approximate surface area is 225 Å². The van der Waals surface area contributed by atoms with Crippen LogP contribution in [-0.2, 0) is 12.6 Å². The van der Waals surface area contributed by atoms with E-state index in [1.165, 1.54) is 36.9 Å². The van der Waals surface area contributed by atoms with E-state index in [-0.39, 0.29) is 11.2 Å². The third-order valence-electron chi connectivity index (χ3n) is 6.82. The van der Waals surface area contributed by atoms with E-state index in [1.807, 2.05) is 25.1 Å². The minimum atomic E-state index is -4.76.